The van der Waals surface area contributed by atoms with Crippen LogP contribution in [0, 0.1) is 11.6 Å². The molecule has 0 atom stereocenters. The van der Waals surface area contributed by atoms with Crippen LogP contribution in [0.2, 0.25) is 0 Å². The van der Waals surface area contributed by atoms with E-state index in [0.717, 1.165) is 26.0 Å². The molecule has 2 N–H and O–H groups in total. The number of hydrogen-bond donors (Lipinski definition) is 2. The first-order valence-electron chi connectivity index (χ1n) is 6.07. The van der Waals surface area contributed by atoms with Crippen molar-refractivity contribution in [3.05, 3.63) is 29.8 Å². The van der Waals surface area contributed by atoms with Gasteiger partial charge in [-0.1, -0.05) is 6.07 Å². The Morgan fingerprint density at radius 2 is 1.95 bits per heavy atom. The lowest BCUT2D eigenvalue weighted by Gasteiger charge is -2.01. The molecule has 0 aliphatic heterocycles. The normalized spacial score (nSPS) is 10.4. The predicted molar refractivity (Wildman–Crippen MR) is 71.3 cm³/mol. The zero-order valence-corrected chi connectivity index (χ0v) is 11.6. The lowest BCUT2D eigenvalue weighted by Crippen LogP contribution is -2.08. The Hall–Kier alpha value is -2.90. The molecule has 0 radical (unpaired) electrons. The topological polar surface area (TPSA) is 88.8 Å². The van der Waals surface area contributed by atoms with Crippen molar-refractivity contribution in [2.45, 2.75) is 13.8 Å². The number of halogens is 2. The SMILES string of the molecule is CC(=O)Nc1oc(-c2cccc(F)c2F)c(O)c1OC(C)=O. The van der Waals surface area contributed by atoms with Crippen LogP contribution in [0.15, 0.2) is 22.6 Å². The average Bonchev–Trinajstić information content (AvgIpc) is 2.70. The first-order valence-corrected chi connectivity index (χ1v) is 6.07. The molecule has 2 rings (SSSR count). The summed E-state index contributed by atoms with van der Waals surface area (Å²) in [6, 6.07) is 3.26. The Morgan fingerprint density at radius 1 is 1.27 bits per heavy atom. The van der Waals surface area contributed by atoms with Crippen molar-refractivity contribution in [2.75, 3.05) is 5.32 Å². The van der Waals surface area contributed by atoms with Crippen LogP contribution >= 0.6 is 0 Å². The van der Waals surface area contributed by atoms with Gasteiger partial charge in [-0.3, -0.25) is 14.9 Å². The van der Waals surface area contributed by atoms with E-state index >= 15 is 0 Å². The van der Waals surface area contributed by atoms with E-state index in [2.05, 4.69) is 5.32 Å². The largest absolute Gasteiger partial charge is 0.502 e. The molecule has 0 aliphatic rings. The van der Waals surface area contributed by atoms with Gasteiger partial charge in [0.15, 0.2) is 17.4 Å². The Morgan fingerprint density at radius 3 is 2.55 bits per heavy atom. The van der Waals surface area contributed by atoms with E-state index in [0.29, 0.717) is 0 Å². The Labute approximate surface area is 123 Å². The van der Waals surface area contributed by atoms with Crippen LogP contribution in [-0.2, 0) is 9.59 Å². The first kappa shape index (κ1) is 15.5. The third-order valence-corrected chi connectivity index (χ3v) is 2.57. The Balaban J connectivity index is 2.62. The van der Waals surface area contributed by atoms with E-state index < -0.39 is 40.8 Å². The van der Waals surface area contributed by atoms with Crippen molar-refractivity contribution in [2.24, 2.45) is 0 Å². The molecule has 6 nitrogen and oxygen atoms in total. The van der Waals surface area contributed by atoms with E-state index in [9.17, 15) is 23.5 Å². The van der Waals surface area contributed by atoms with Crippen LogP contribution in [0.4, 0.5) is 14.7 Å². The van der Waals surface area contributed by atoms with Crippen molar-refractivity contribution in [1.29, 1.82) is 0 Å². The van der Waals surface area contributed by atoms with Crippen LogP contribution in [0.1, 0.15) is 13.8 Å². The number of rotatable bonds is 3. The molecular formula is C14H11F2NO5. The van der Waals surface area contributed by atoms with E-state index in [1.165, 1.54) is 6.07 Å². The average molecular weight is 311 g/mol. The number of anilines is 1. The monoisotopic (exact) mass is 311 g/mol. The fourth-order valence-corrected chi connectivity index (χ4v) is 1.75. The van der Waals surface area contributed by atoms with Gasteiger partial charge in [0.1, 0.15) is 0 Å². The van der Waals surface area contributed by atoms with Crippen molar-refractivity contribution >= 4 is 17.8 Å². The molecule has 116 valence electrons. The molecule has 0 spiro atoms. The molecule has 0 unspecified atom stereocenters. The van der Waals surface area contributed by atoms with E-state index in [1.807, 2.05) is 0 Å². The highest BCUT2D eigenvalue weighted by Gasteiger charge is 2.27. The molecule has 0 fully saturated rings. The number of nitrogens with one attached hydrogen (secondary N) is 1. The third-order valence-electron chi connectivity index (χ3n) is 2.57. The minimum absolute atomic E-state index is 0.387. The Bertz CT molecular complexity index is 754. The third kappa shape index (κ3) is 2.90. The summed E-state index contributed by atoms with van der Waals surface area (Å²) in [7, 11) is 0. The zero-order chi connectivity index (χ0) is 16.4. The molecule has 1 aromatic carbocycles. The van der Waals surface area contributed by atoms with Crippen LogP contribution in [-0.4, -0.2) is 17.0 Å². The highest BCUT2D eigenvalue weighted by molar-refractivity contribution is 5.91. The summed E-state index contributed by atoms with van der Waals surface area (Å²) in [5.74, 6) is -5.86. The number of furan rings is 1. The summed E-state index contributed by atoms with van der Waals surface area (Å²) in [5.41, 5.74) is -0.387. The zero-order valence-electron chi connectivity index (χ0n) is 11.6. The van der Waals surface area contributed by atoms with Gasteiger partial charge in [0.05, 0.1) is 5.56 Å². The number of carbonyl (C=O) groups is 2. The summed E-state index contributed by atoms with van der Waals surface area (Å²) >= 11 is 0. The van der Waals surface area contributed by atoms with Gasteiger partial charge in [-0.2, -0.15) is 0 Å². The number of benzene rings is 1. The van der Waals surface area contributed by atoms with Gasteiger partial charge in [-0.15, -0.1) is 0 Å². The number of amides is 1. The molecule has 22 heavy (non-hydrogen) atoms. The number of esters is 1. The molecule has 8 heteroatoms. The predicted octanol–water partition coefficient (Wildman–Crippen LogP) is 2.81. The molecule has 2 aromatic rings. The van der Waals surface area contributed by atoms with E-state index in [-0.39, 0.29) is 11.4 Å². The van der Waals surface area contributed by atoms with Crippen molar-refractivity contribution in [3.63, 3.8) is 0 Å². The molecular weight excluding hydrogens is 300 g/mol. The van der Waals surface area contributed by atoms with Gasteiger partial charge < -0.3 is 14.3 Å². The quantitative estimate of drug-likeness (QED) is 0.851. The lowest BCUT2D eigenvalue weighted by molar-refractivity contribution is -0.132. The maximum Gasteiger partial charge on any atom is 0.308 e. The van der Waals surface area contributed by atoms with Gasteiger partial charge in [-0.25, -0.2) is 8.78 Å². The van der Waals surface area contributed by atoms with Gasteiger partial charge in [-0.05, 0) is 12.1 Å². The minimum atomic E-state index is -1.25. The number of ether oxygens (including phenoxy) is 1. The molecule has 0 saturated carbocycles. The van der Waals surface area contributed by atoms with E-state index in [4.69, 9.17) is 9.15 Å². The van der Waals surface area contributed by atoms with Crippen LogP contribution in [0.5, 0.6) is 11.5 Å². The van der Waals surface area contributed by atoms with Crippen LogP contribution in [0.25, 0.3) is 11.3 Å². The molecule has 1 amide bonds. The highest BCUT2D eigenvalue weighted by atomic mass is 19.2. The summed E-state index contributed by atoms with van der Waals surface area (Å²) in [4.78, 5) is 22.2. The number of carbonyl (C=O) groups excluding carboxylic acids is 2. The summed E-state index contributed by atoms with van der Waals surface area (Å²) in [6.07, 6.45) is 0. The second-order valence-corrected chi connectivity index (χ2v) is 4.31. The van der Waals surface area contributed by atoms with Gasteiger partial charge >= 0.3 is 5.97 Å². The highest BCUT2D eigenvalue weighted by Crippen LogP contribution is 2.46. The minimum Gasteiger partial charge on any atom is -0.502 e. The maximum atomic E-state index is 13.8. The van der Waals surface area contributed by atoms with Crippen LogP contribution < -0.4 is 10.1 Å². The summed E-state index contributed by atoms with van der Waals surface area (Å²) in [5, 5.41) is 12.2. The summed E-state index contributed by atoms with van der Waals surface area (Å²) < 4.78 is 36.9. The summed E-state index contributed by atoms with van der Waals surface area (Å²) in [6.45, 7) is 2.21. The fraction of sp³-hybridized carbons (Fsp3) is 0.143. The molecule has 0 saturated heterocycles. The van der Waals surface area contributed by atoms with Crippen molar-refractivity contribution in [1.82, 2.24) is 0 Å². The van der Waals surface area contributed by atoms with E-state index in [1.54, 1.807) is 0 Å². The van der Waals surface area contributed by atoms with Gasteiger partial charge in [0, 0.05) is 13.8 Å². The first-order chi connectivity index (χ1) is 10.3. The van der Waals surface area contributed by atoms with Crippen molar-refractivity contribution in [3.8, 4) is 22.8 Å². The molecule has 0 aliphatic carbocycles. The second-order valence-electron chi connectivity index (χ2n) is 4.31. The van der Waals surface area contributed by atoms with Gasteiger partial charge in [0.2, 0.25) is 23.3 Å². The van der Waals surface area contributed by atoms with Crippen molar-refractivity contribution < 1.29 is 32.6 Å². The smallest absolute Gasteiger partial charge is 0.308 e. The molecule has 1 heterocycles. The number of hydrogen-bond acceptors (Lipinski definition) is 5. The second kappa shape index (κ2) is 5.84. The maximum absolute atomic E-state index is 13.8. The van der Waals surface area contributed by atoms with Gasteiger partial charge in [0.25, 0.3) is 0 Å². The lowest BCUT2D eigenvalue weighted by atomic mass is 10.1. The van der Waals surface area contributed by atoms with Crippen LogP contribution in [0.3, 0.4) is 0 Å². The number of aromatic hydroxyl groups is 1. The molecule has 1 aromatic heterocycles. The standard InChI is InChI=1S/C14H11F2NO5/c1-6(18)17-14-13(21-7(2)19)11(20)12(22-14)8-4-3-5-9(15)10(8)16/h3-5,20H,1-2H3,(H,17,18). The molecule has 0 bridgehead atoms. The fourth-order valence-electron chi connectivity index (χ4n) is 1.75. The Kier molecular flexibility index (Phi) is 4.11.